The molecule has 18 heavy (non-hydrogen) atoms. The highest BCUT2D eigenvalue weighted by Gasteiger charge is 2.13. The fourth-order valence-electron chi connectivity index (χ4n) is 1.81. The minimum absolute atomic E-state index is 0.541. The lowest BCUT2D eigenvalue weighted by Gasteiger charge is -2.05. The van der Waals surface area contributed by atoms with Crippen molar-refractivity contribution in [1.29, 1.82) is 0 Å². The molecule has 0 unspecified atom stereocenters. The predicted octanol–water partition coefficient (Wildman–Crippen LogP) is 2.92. The number of halogens is 1. The van der Waals surface area contributed by atoms with Gasteiger partial charge in [0.15, 0.2) is 5.89 Å². The third-order valence-corrected chi connectivity index (χ3v) is 3.22. The summed E-state index contributed by atoms with van der Waals surface area (Å²) in [6.45, 7) is 2.38. The van der Waals surface area contributed by atoms with Crippen LogP contribution in [0.2, 0.25) is 0 Å². The van der Waals surface area contributed by atoms with Crippen molar-refractivity contribution in [3.05, 3.63) is 34.3 Å². The summed E-state index contributed by atoms with van der Waals surface area (Å²) in [6.07, 6.45) is 0.680. The van der Waals surface area contributed by atoms with Gasteiger partial charge in [-0.2, -0.15) is 0 Å². The van der Waals surface area contributed by atoms with Gasteiger partial charge in [-0.05, 0) is 40.7 Å². The molecule has 0 spiro atoms. The number of rotatable bonds is 4. The van der Waals surface area contributed by atoms with Crippen molar-refractivity contribution in [1.82, 2.24) is 4.98 Å². The number of nitrogens with zero attached hydrogens (tertiary/aromatic N) is 1. The second-order valence-corrected chi connectivity index (χ2v) is 4.75. The number of aromatic nitrogens is 1. The molecule has 2 N–H and O–H groups in total. The Hall–Kier alpha value is -1.33. The molecule has 1 aromatic heterocycles. The van der Waals surface area contributed by atoms with Gasteiger partial charge in [-0.3, -0.25) is 0 Å². The van der Waals surface area contributed by atoms with E-state index < -0.39 is 0 Å². The molecule has 0 aliphatic heterocycles. The Balaban J connectivity index is 2.44. The molecule has 0 bridgehead atoms. The van der Waals surface area contributed by atoms with Gasteiger partial charge in [0, 0.05) is 18.9 Å². The summed E-state index contributed by atoms with van der Waals surface area (Å²) in [5, 5.41) is 0. The van der Waals surface area contributed by atoms with E-state index in [1.54, 1.807) is 7.11 Å². The molecular formula is C13H15BrN2O2. The lowest BCUT2D eigenvalue weighted by molar-refractivity contribution is 0.412. The Bertz CT molecular complexity index is 552. The van der Waals surface area contributed by atoms with E-state index in [0.29, 0.717) is 18.9 Å². The number of nitrogens with two attached hydrogens (primary N) is 1. The summed E-state index contributed by atoms with van der Waals surface area (Å²) in [5.74, 6) is 2.27. The quantitative estimate of drug-likeness (QED) is 0.943. The molecule has 1 heterocycles. The standard InChI is InChI=1S/C13H15BrN2O2/c1-8-16-13(12(18-8)5-6-15)9-3-4-11(17-2)10(14)7-9/h3-4,7H,5-6,15H2,1-2H3. The molecule has 96 valence electrons. The SMILES string of the molecule is COc1ccc(-c2nc(C)oc2CCN)cc1Br. The monoisotopic (exact) mass is 310 g/mol. The van der Waals surface area contributed by atoms with Crippen molar-refractivity contribution in [3.63, 3.8) is 0 Å². The molecule has 0 atom stereocenters. The average molecular weight is 311 g/mol. The fraction of sp³-hybridized carbons (Fsp3) is 0.308. The van der Waals surface area contributed by atoms with Gasteiger partial charge in [-0.15, -0.1) is 0 Å². The highest BCUT2D eigenvalue weighted by atomic mass is 79.9. The molecule has 0 amide bonds. The first-order valence-corrected chi connectivity index (χ1v) is 6.45. The van der Waals surface area contributed by atoms with Gasteiger partial charge >= 0.3 is 0 Å². The molecule has 2 rings (SSSR count). The number of benzene rings is 1. The predicted molar refractivity (Wildman–Crippen MR) is 73.7 cm³/mol. The van der Waals surface area contributed by atoms with Crippen LogP contribution >= 0.6 is 15.9 Å². The maximum Gasteiger partial charge on any atom is 0.191 e. The minimum Gasteiger partial charge on any atom is -0.496 e. The first kappa shape index (κ1) is 13.1. The minimum atomic E-state index is 0.541. The van der Waals surface area contributed by atoms with Crippen LogP contribution in [0.3, 0.4) is 0 Å². The zero-order valence-electron chi connectivity index (χ0n) is 10.4. The Morgan fingerprint density at radius 2 is 2.22 bits per heavy atom. The van der Waals surface area contributed by atoms with E-state index in [1.165, 1.54) is 0 Å². The van der Waals surface area contributed by atoms with Gasteiger partial charge in [0.1, 0.15) is 17.2 Å². The van der Waals surface area contributed by atoms with Crippen molar-refractivity contribution in [2.75, 3.05) is 13.7 Å². The first-order valence-electron chi connectivity index (χ1n) is 5.66. The van der Waals surface area contributed by atoms with Crippen LogP contribution in [0.1, 0.15) is 11.7 Å². The molecule has 0 aliphatic rings. The number of hydrogen-bond donors (Lipinski definition) is 1. The summed E-state index contributed by atoms with van der Waals surface area (Å²) < 4.78 is 11.7. The number of ether oxygens (including phenoxy) is 1. The maximum atomic E-state index is 5.58. The third-order valence-electron chi connectivity index (χ3n) is 2.60. The molecule has 5 heteroatoms. The third kappa shape index (κ3) is 2.57. The summed E-state index contributed by atoms with van der Waals surface area (Å²) in [7, 11) is 1.64. The van der Waals surface area contributed by atoms with E-state index in [-0.39, 0.29) is 0 Å². The first-order chi connectivity index (χ1) is 8.65. The molecule has 1 aromatic carbocycles. The van der Waals surface area contributed by atoms with Crippen LogP contribution in [0.25, 0.3) is 11.3 Å². The van der Waals surface area contributed by atoms with E-state index in [9.17, 15) is 0 Å². The number of hydrogen-bond acceptors (Lipinski definition) is 4. The highest BCUT2D eigenvalue weighted by Crippen LogP contribution is 2.32. The number of aryl methyl sites for hydroxylation is 1. The van der Waals surface area contributed by atoms with Gasteiger partial charge in [0.05, 0.1) is 11.6 Å². The Kier molecular flexibility index (Phi) is 4.04. The second-order valence-electron chi connectivity index (χ2n) is 3.89. The molecule has 0 fully saturated rings. The van der Waals surface area contributed by atoms with Crippen LogP contribution in [0.15, 0.2) is 27.1 Å². The topological polar surface area (TPSA) is 61.3 Å². The maximum absolute atomic E-state index is 5.58. The van der Waals surface area contributed by atoms with Gasteiger partial charge in [-0.1, -0.05) is 0 Å². The number of methoxy groups -OCH3 is 1. The van der Waals surface area contributed by atoms with Crippen LogP contribution in [-0.4, -0.2) is 18.6 Å². The zero-order valence-corrected chi connectivity index (χ0v) is 12.0. The highest BCUT2D eigenvalue weighted by molar-refractivity contribution is 9.10. The van der Waals surface area contributed by atoms with Crippen molar-refractivity contribution in [2.24, 2.45) is 5.73 Å². The van der Waals surface area contributed by atoms with E-state index in [0.717, 1.165) is 27.2 Å². The van der Waals surface area contributed by atoms with Crippen molar-refractivity contribution < 1.29 is 9.15 Å². The van der Waals surface area contributed by atoms with E-state index in [2.05, 4.69) is 20.9 Å². The van der Waals surface area contributed by atoms with E-state index >= 15 is 0 Å². The molecule has 4 nitrogen and oxygen atoms in total. The van der Waals surface area contributed by atoms with Crippen molar-refractivity contribution >= 4 is 15.9 Å². The molecule has 0 saturated heterocycles. The lowest BCUT2D eigenvalue weighted by Crippen LogP contribution is -2.02. The average Bonchev–Trinajstić information content (AvgIpc) is 2.71. The fourth-order valence-corrected chi connectivity index (χ4v) is 2.35. The van der Waals surface area contributed by atoms with E-state index in [1.807, 2.05) is 25.1 Å². The van der Waals surface area contributed by atoms with Crippen molar-refractivity contribution in [3.8, 4) is 17.0 Å². The smallest absolute Gasteiger partial charge is 0.191 e. The Morgan fingerprint density at radius 3 is 2.83 bits per heavy atom. The summed E-state index contributed by atoms with van der Waals surface area (Å²) >= 11 is 3.47. The van der Waals surface area contributed by atoms with Gasteiger partial charge < -0.3 is 14.9 Å². The normalized spacial score (nSPS) is 10.7. The molecule has 2 aromatic rings. The van der Waals surface area contributed by atoms with Crippen LogP contribution in [-0.2, 0) is 6.42 Å². The molecule has 0 saturated carbocycles. The van der Waals surface area contributed by atoms with Crippen LogP contribution in [0, 0.1) is 6.92 Å². The van der Waals surface area contributed by atoms with Crippen LogP contribution in [0.5, 0.6) is 5.75 Å². The summed E-state index contributed by atoms with van der Waals surface area (Å²) in [4.78, 5) is 4.41. The Morgan fingerprint density at radius 1 is 1.44 bits per heavy atom. The van der Waals surface area contributed by atoms with Crippen LogP contribution in [0.4, 0.5) is 0 Å². The van der Waals surface area contributed by atoms with E-state index in [4.69, 9.17) is 14.9 Å². The summed E-state index contributed by atoms with van der Waals surface area (Å²) in [6, 6.07) is 5.83. The molecular weight excluding hydrogens is 296 g/mol. The van der Waals surface area contributed by atoms with Gasteiger partial charge in [-0.25, -0.2) is 4.98 Å². The largest absolute Gasteiger partial charge is 0.496 e. The second kappa shape index (κ2) is 5.54. The zero-order chi connectivity index (χ0) is 13.1. The van der Waals surface area contributed by atoms with Crippen molar-refractivity contribution in [2.45, 2.75) is 13.3 Å². The number of oxazole rings is 1. The molecule has 0 radical (unpaired) electrons. The van der Waals surface area contributed by atoms with Gasteiger partial charge in [0.25, 0.3) is 0 Å². The Labute approximate surface area is 114 Å². The summed E-state index contributed by atoms with van der Waals surface area (Å²) in [5.41, 5.74) is 7.41. The van der Waals surface area contributed by atoms with Crippen LogP contribution < -0.4 is 10.5 Å². The van der Waals surface area contributed by atoms with Gasteiger partial charge in [0.2, 0.25) is 0 Å². The lowest BCUT2D eigenvalue weighted by atomic mass is 10.1. The molecule has 0 aliphatic carbocycles.